The lowest BCUT2D eigenvalue weighted by Crippen LogP contribution is -2.28. The first kappa shape index (κ1) is 23.1. The number of benzene rings is 2. The molecule has 0 unspecified atom stereocenters. The summed E-state index contributed by atoms with van der Waals surface area (Å²) in [6, 6.07) is 12.1. The van der Waals surface area contributed by atoms with Crippen molar-refractivity contribution in [2.45, 2.75) is 19.5 Å². The summed E-state index contributed by atoms with van der Waals surface area (Å²) in [6.07, 6.45) is 1.16. The third-order valence-electron chi connectivity index (χ3n) is 5.61. The average molecular weight is 491 g/mol. The lowest BCUT2D eigenvalue weighted by Gasteiger charge is -2.17. The molecule has 1 aliphatic heterocycles. The minimum Gasteiger partial charge on any atom is -0.486 e. The van der Waals surface area contributed by atoms with Crippen LogP contribution < -0.4 is 15.4 Å². The Bertz CT molecular complexity index is 1500. The van der Waals surface area contributed by atoms with Gasteiger partial charge in [-0.25, -0.2) is 18.3 Å². The summed E-state index contributed by atoms with van der Waals surface area (Å²) in [5.74, 6) is -1.85. The van der Waals surface area contributed by atoms with Crippen molar-refractivity contribution in [2.75, 3.05) is 6.61 Å². The number of nitrogens with one attached hydrogen (secondary N) is 2. The molecule has 0 aliphatic carbocycles. The molecule has 4 aromatic rings. The van der Waals surface area contributed by atoms with E-state index in [2.05, 4.69) is 20.7 Å². The van der Waals surface area contributed by atoms with Crippen molar-refractivity contribution in [3.63, 3.8) is 0 Å². The predicted molar refractivity (Wildman–Crippen MR) is 122 cm³/mol. The smallest absolute Gasteiger partial charge is 0.270 e. The number of nitrogens with zero attached hydrogens (tertiary/aromatic N) is 3. The Balaban J connectivity index is 1.34. The topological polar surface area (TPSA) is 115 Å². The van der Waals surface area contributed by atoms with E-state index in [1.807, 2.05) is 0 Å². The predicted octanol–water partition coefficient (Wildman–Crippen LogP) is 2.37. The second-order valence-corrected chi connectivity index (χ2v) is 8.19. The number of hydrogen-bond acceptors (Lipinski definition) is 6. The molecular formula is C25H19F2N5O4. The van der Waals surface area contributed by atoms with Crippen LogP contribution in [-0.2, 0) is 24.3 Å². The van der Waals surface area contributed by atoms with Crippen molar-refractivity contribution in [3.8, 4) is 5.75 Å². The highest BCUT2D eigenvalue weighted by atomic mass is 19.1. The summed E-state index contributed by atoms with van der Waals surface area (Å²) in [7, 11) is 0. The van der Waals surface area contributed by atoms with Gasteiger partial charge in [0.05, 0.1) is 6.20 Å². The van der Waals surface area contributed by atoms with Crippen LogP contribution in [0.3, 0.4) is 0 Å². The standard InChI is InChI=1S/C25H19F2N5O4/c26-17-4-1-14(2-5-17)10-29-25(35)21-9-20(31-23-19(27)12-30-32(21)23)24(34)28-11-15-3-6-22-16(7-15)8-18(33)13-36-22/h1-7,9,12H,8,10-11,13H2,(H,28,34)(H,29,35). The molecule has 1 aliphatic rings. The molecule has 0 spiro atoms. The lowest BCUT2D eigenvalue weighted by atomic mass is 10.0. The Morgan fingerprint density at radius 1 is 0.972 bits per heavy atom. The van der Waals surface area contributed by atoms with Crippen molar-refractivity contribution >= 4 is 23.2 Å². The average Bonchev–Trinajstić information content (AvgIpc) is 3.26. The van der Waals surface area contributed by atoms with Crippen LogP contribution in [0.5, 0.6) is 5.75 Å². The van der Waals surface area contributed by atoms with Gasteiger partial charge in [0.25, 0.3) is 11.8 Å². The molecule has 0 fully saturated rings. The van der Waals surface area contributed by atoms with Gasteiger partial charge in [0.15, 0.2) is 17.2 Å². The molecule has 5 rings (SSSR count). The first-order valence-electron chi connectivity index (χ1n) is 11.0. The van der Waals surface area contributed by atoms with Crippen LogP contribution in [0.2, 0.25) is 0 Å². The molecule has 0 saturated carbocycles. The van der Waals surface area contributed by atoms with E-state index >= 15 is 0 Å². The second kappa shape index (κ2) is 9.53. The monoisotopic (exact) mass is 491 g/mol. The van der Waals surface area contributed by atoms with Crippen LogP contribution >= 0.6 is 0 Å². The van der Waals surface area contributed by atoms with Gasteiger partial charge in [-0.3, -0.25) is 14.4 Å². The fourth-order valence-electron chi connectivity index (χ4n) is 3.81. The number of halogens is 2. The van der Waals surface area contributed by atoms with Crippen molar-refractivity contribution in [2.24, 2.45) is 0 Å². The van der Waals surface area contributed by atoms with Crippen molar-refractivity contribution in [3.05, 3.63) is 94.4 Å². The number of carbonyl (C=O) groups excluding carboxylic acids is 3. The van der Waals surface area contributed by atoms with Crippen molar-refractivity contribution in [1.82, 2.24) is 25.2 Å². The number of aromatic nitrogens is 3. The van der Waals surface area contributed by atoms with Crippen LogP contribution in [0.25, 0.3) is 5.65 Å². The molecule has 0 atom stereocenters. The van der Waals surface area contributed by atoms with E-state index < -0.39 is 23.4 Å². The number of ether oxygens (including phenoxy) is 1. The molecule has 2 amide bonds. The van der Waals surface area contributed by atoms with Gasteiger partial charge in [-0.2, -0.15) is 5.10 Å². The Morgan fingerprint density at radius 2 is 1.69 bits per heavy atom. The van der Waals surface area contributed by atoms with E-state index in [1.165, 1.54) is 30.3 Å². The van der Waals surface area contributed by atoms with Crippen LogP contribution in [0.4, 0.5) is 8.78 Å². The van der Waals surface area contributed by atoms with E-state index in [4.69, 9.17) is 4.74 Å². The highest BCUT2D eigenvalue weighted by molar-refractivity contribution is 5.98. The Morgan fingerprint density at radius 3 is 2.50 bits per heavy atom. The first-order valence-corrected chi connectivity index (χ1v) is 11.0. The van der Waals surface area contributed by atoms with Crippen LogP contribution in [0.1, 0.15) is 37.7 Å². The molecule has 0 radical (unpaired) electrons. The maximum Gasteiger partial charge on any atom is 0.270 e. The fourth-order valence-corrected chi connectivity index (χ4v) is 3.81. The summed E-state index contributed by atoms with van der Waals surface area (Å²) in [4.78, 5) is 41.4. The molecule has 36 heavy (non-hydrogen) atoms. The van der Waals surface area contributed by atoms with Crippen LogP contribution in [-0.4, -0.2) is 38.8 Å². The van der Waals surface area contributed by atoms with Gasteiger partial charge in [-0.1, -0.05) is 18.2 Å². The number of amides is 2. The van der Waals surface area contributed by atoms with Gasteiger partial charge in [-0.05, 0) is 35.4 Å². The van der Waals surface area contributed by atoms with Crippen LogP contribution in [0.15, 0.2) is 54.7 Å². The Labute approximate surface area is 203 Å². The van der Waals surface area contributed by atoms with Crippen molar-refractivity contribution < 1.29 is 27.9 Å². The zero-order valence-electron chi connectivity index (χ0n) is 18.8. The van der Waals surface area contributed by atoms with E-state index in [0.717, 1.165) is 21.8 Å². The fraction of sp³-hybridized carbons (Fsp3) is 0.160. The molecule has 0 saturated heterocycles. The molecule has 3 heterocycles. The SMILES string of the molecule is O=C1COc2ccc(CNC(=O)c3cc(C(=O)NCc4ccc(F)cc4)n4ncc(F)c4n3)cc2C1. The quantitative estimate of drug-likeness (QED) is 0.428. The molecule has 2 aromatic carbocycles. The number of fused-ring (bicyclic) bond motifs is 2. The maximum atomic E-state index is 14.3. The van der Waals surface area contributed by atoms with E-state index in [9.17, 15) is 23.2 Å². The van der Waals surface area contributed by atoms with Gasteiger partial charge in [0, 0.05) is 31.1 Å². The highest BCUT2D eigenvalue weighted by Gasteiger charge is 2.21. The zero-order chi connectivity index (χ0) is 25.2. The molecule has 0 bridgehead atoms. The summed E-state index contributed by atoms with van der Waals surface area (Å²) >= 11 is 0. The normalized spacial score (nSPS) is 12.7. The largest absolute Gasteiger partial charge is 0.486 e. The highest BCUT2D eigenvalue weighted by Crippen LogP contribution is 2.24. The lowest BCUT2D eigenvalue weighted by molar-refractivity contribution is -0.121. The Kier molecular flexibility index (Phi) is 6.11. The molecule has 11 heteroatoms. The molecule has 2 N–H and O–H groups in total. The minimum absolute atomic E-state index is 0.0331. The van der Waals surface area contributed by atoms with Crippen molar-refractivity contribution in [1.29, 1.82) is 0 Å². The second-order valence-electron chi connectivity index (χ2n) is 8.19. The minimum atomic E-state index is -0.795. The Hall–Kier alpha value is -4.67. The summed E-state index contributed by atoms with van der Waals surface area (Å²) in [5.41, 5.74) is 1.56. The third kappa shape index (κ3) is 4.76. The summed E-state index contributed by atoms with van der Waals surface area (Å²) in [6.45, 7) is 0.238. The van der Waals surface area contributed by atoms with E-state index in [-0.39, 0.29) is 48.9 Å². The third-order valence-corrected chi connectivity index (χ3v) is 5.61. The molecule has 182 valence electrons. The molecular weight excluding hydrogens is 472 g/mol. The van der Waals surface area contributed by atoms with E-state index in [0.29, 0.717) is 11.3 Å². The van der Waals surface area contributed by atoms with Crippen LogP contribution in [0, 0.1) is 11.6 Å². The number of hydrogen-bond donors (Lipinski definition) is 2. The van der Waals surface area contributed by atoms with E-state index in [1.54, 1.807) is 18.2 Å². The van der Waals surface area contributed by atoms with Gasteiger partial charge < -0.3 is 15.4 Å². The number of Topliss-reactive ketones (excluding diaryl/α,β-unsaturated/α-hetero) is 1. The summed E-state index contributed by atoms with van der Waals surface area (Å²) < 4.78 is 33.8. The first-order chi connectivity index (χ1) is 17.4. The van der Waals surface area contributed by atoms with Gasteiger partial charge in [0.1, 0.15) is 29.6 Å². The zero-order valence-corrected chi connectivity index (χ0v) is 18.8. The maximum absolute atomic E-state index is 14.3. The summed E-state index contributed by atoms with van der Waals surface area (Å²) in [5, 5.41) is 9.19. The van der Waals surface area contributed by atoms with Gasteiger partial charge >= 0.3 is 0 Å². The molecule has 2 aromatic heterocycles. The number of rotatable bonds is 6. The van der Waals surface area contributed by atoms with Gasteiger partial charge in [-0.15, -0.1) is 0 Å². The number of ketones is 1. The number of carbonyl (C=O) groups is 3. The van der Waals surface area contributed by atoms with Gasteiger partial charge in [0.2, 0.25) is 0 Å². The molecule has 9 nitrogen and oxygen atoms in total.